The van der Waals surface area contributed by atoms with Crippen molar-refractivity contribution in [1.82, 2.24) is 0 Å². The number of benzene rings is 2. The van der Waals surface area contributed by atoms with Crippen molar-refractivity contribution in [2.45, 2.75) is 5.38 Å². The number of hydrogen-bond acceptors (Lipinski definition) is 2. The van der Waals surface area contributed by atoms with Gasteiger partial charge in [-0.3, -0.25) is 0 Å². The normalized spacial score (nSPS) is 12.1. The largest absolute Gasteiger partial charge is 0.496 e. The zero-order valence-corrected chi connectivity index (χ0v) is 13.3. The number of alkyl halides is 1. The van der Waals surface area contributed by atoms with Crippen LogP contribution in [-0.4, -0.2) is 14.2 Å². The maximum absolute atomic E-state index is 14.1. The van der Waals surface area contributed by atoms with E-state index in [1.54, 1.807) is 25.3 Å². The monoisotopic (exact) mass is 358 g/mol. The molecule has 2 rings (SSSR count). The van der Waals surface area contributed by atoms with E-state index in [0.717, 1.165) is 4.47 Å². The zero-order valence-electron chi connectivity index (χ0n) is 11.0. The lowest BCUT2D eigenvalue weighted by molar-refractivity contribution is 0.400. The summed E-state index contributed by atoms with van der Waals surface area (Å²) in [5.74, 6) is 0.594. The molecule has 0 fully saturated rings. The zero-order chi connectivity index (χ0) is 14.7. The Hall–Kier alpha value is -1.26. The Kier molecular flexibility index (Phi) is 4.89. The van der Waals surface area contributed by atoms with Gasteiger partial charge in [0.25, 0.3) is 0 Å². The SMILES string of the molecule is COc1ccc(Br)cc1C(Cl)c1c(F)cccc1OC. The van der Waals surface area contributed by atoms with Crippen LogP contribution in [0.2, 0.25) is 0 Å². The number of hydrogen-bond donors (Lipinski definition) is 0. The van der Waals surface area contributed by atoms with Gasteiger partial charge in [0.1, 0.15) is 17.3 Å². The molecule has 5 heteroatoms. The summed E-state index contributed by atoms with van der Waals surface area (Å²) in [4.78, 5) is 0. The first-order valence-corrected chi connectivity index (χ1v) is 7.11. The highest BCUT2D eigenvalue weighted by molar-refractivity contribution is 9.10. The molecule has 2 aromatic rings. The molecule has 1 atom stereocenters. The van der Waals surface area contributed by atoms with E-state index < -0.39 is 11.2 Å². The predicted molar refractivity (Wildman–Crippen MR) is 81.3 cm³/mol. The fourth-order valence-corrected chi connectivity index (χ4v) is 2.76. The van der Waals surface area contributed by atoms with Gasteiger partial charge >= 0.3 is 0 Å². The van der Waals surface area contributed by atoms with E-state index in [2.05, 4.69) is 15.9 Å². The molecule has 2 aromatic carbocycles. The minimum absolute atomic E-state index is 0.299. The van der Waals surface area contributed by atoms with Crippen molar-refractivity contribution < 1.29 is 13.9 Å². The molecule has 106 valence electrons. The van der Waals surface area contributed by atoms with E-state index in [1.807, 2.05) is 12.1 Å². The van der Waals surface area contributed by atoms with Crippen LogP contribution in [0.3, 0.4) is 0 Å². The second kappa shape index (κ2) is 6.46. The van der Waals surface area contributed by atoms with E-state index >= 15 is 0 Å². The van der Waals surface area contributed by atoms with Crippen molar-refractivity contribution in [3.63, 3.8) is 0 Å². The van der Waals surface area contributed by atoms with Gasteiger partial charge in [0.15, 0.2) is 0 Å². The Morgan fingerprint density at radius 3 is 2.45 bits per heavy atom. The molecule has 0 amide bonds. The fraction of sp³-hybridized carbons (Fsp3) is 0.200. The highest BCUT2D eigenvalue weighted by atomic mass is 79.9. The second-order valence-corrected chi connectivity index (χ2v) is 5.46. The molecule has 0 saturated carbocycles. The average Bonchev–Trinajstić information content (AvgIpc) is 2.46. The van der Waals surface area contributed by atoms with Crippen LogP contribution in [0.25, 0.3) is 0 Å². The lowest BCUT2D eigenvalue weighted by atomic mass is 10.0. The Bertz CT molecular complexity index is 619. The summed E-state index contributed by atoms with van der Waals surface area (Å²) in [6.45, 7) is 0. The molecule has 0 aromatic heterocycles. The predicted octanol–water partition coefficient (Wildman–Crippen LogP) is 4.93. The average molecular weight is 360 g/mol. The summed E-state index contributed by atoms with van der Waals surface area (Å²) < 4.78 is 25.4. The van der Waals surface area contributed by atoms with Gasteiger partial charge in [-0.2, -0.15) is 0 Å². The molecule has 0 aliphatic heterocycles. The number of halogens is 3. The van der Waals surface area contributed by atoms with Gasteiger partial charge in [-0.15, -0.1) is 11.6 Å². The van der Waals surface area contributed by atoms with Crippen LogP contribution in [0, 0.1) is 5.82 Å². The molecule has 0 radical (unpaired) electrons. The van der Waals surface area contributed by atoms with Crippen LogP contribution >= 0.6 is 27.5 Å². The Balaban J connectivity index is 2.57. The number of methoxy groups -OCH3 is 2. The molecule has 0 saturated heterocycles. The summed E-state index contributed by atoms with van der Waals surface area (Å²) in [6, 6.07) is 10.0. The van der Waals surface area contributed by atoms with E-state index in [-0.39, 0.29) is 0 Å². The van der Waals surface area contributed by atoms with Crippen LogP contribution in [0.15, 0.2) is 40.9 Å². The Morgan fingerprint density at radius 2 is 1.80 bits per heavy atom. The molecule has 2 nitrogen and oxygen atoms in total. The van der Waals surface area contributed by atoms with Crippen molar-refractivity contribution in [2.24, 2.45) is 0 Å². The summed E-state index contributed by atoms with van der Waals surface area (Å²) in [7, 11) is 3.04. The Labute approximate surface area is 130 Å². The van der Waals surface area contributed by atoms with Gasteiger partial charge in [0.2, 0.25) is 0 Å². The topological polar surface area (TPSA) is 18.5 Å². The standard InChI is InChI=1S/C15H13BrClFO2/c1-19-12-7-6-9(16)8-10(12)15(17)14-11(18)4-3-5-13(14)20-2/h3-8,15H,1-2H3. The fourth-order valence-electron chi connectivity index (χ4n) is 2.00. The van der Waals surface area contributed by atoms with E-state index in [0.29, 0.717) is 22.6 Å². The number of ether oxygens (including phenoxy) is 2. The van der Waals surface area contributed by atoms with Crippen LogP contribution in [0.1, 0.15) is 16.5 Å². The first-order chi connectivity index (χ1) is 9.58. The molecule has 0 spiro atoms. The molecule has 0 aliphatic carbocycles. The van der Waals surface area contributed by atoms with Gasteiger partial charge in [0, 0.05) is 10.0 Å². The molecule has 0 bridgehead atoms. The van der Waals surface area contributed by atoms with Crippen molar-refractivity contribution >= 4 is 27.5 Å². The quantitative estimate of drug-likeness (QED) is 0.720. The van der Waals surface area contributed by atoms with Crippen LogP contribution in [0.5, 0.6) is 11.5 Å². The third-order valence-electron chi connectivity index (χ3n) is 2.95. The van der Waals surface area contributed by atoms with Crippen molar-refractivity contribution in [3.8, 4) is 11.5 Å². The van der Waals surface area contributed by atoms with E-state index in [4.69, 9.17) is 21.1 Å². The minimum Gasteiger partial charge on any atom is -0.496 e. The van der Waals surface area contributed by atoms with Crippen LogP contribution < -0.4 is 9.47 Å². The third kappa shape index (κ3) is 2.91. The molecule has 0 heterocycles. The highest BCUT2D eigenvalue weighted by Crippen LogP contribution is 2.41. The highest BCUT2D eigenvalue weighted by Gasteiger charge is 2.23. The van der Waals surface area contributed by atoms with Crippen molar-refractivity contribution in [1.29, 1.82) is 0 Å². The van der Waals surface area contributed by atoms with E-state index in [1.165, 1.54) is 13.2 Å². The van der Waals surface area contributed by atoms with Gasteiger partial charge < -0.3 is 9.47 Å². The third-order valence-corrected chi connectivity index (χ3v) is 3.90. The summed E-state index contributed by atoms with van der Waals surface area (Å²) >= 11 is 9.84. The van der Waals surface area contributed by atoms with Gasteiger partial charge in [-0.1, -0.05) is 22.0 Å². The first kappa shape index (κ1) is 15.1. The van der Waals surface area contributed by atoms with Gasteiger partial charge in [-0.25, -0.2) is 4.39 Å². The van der Waals surface area contributed by atoms with Crippen molar-refractivity contribution in [2.75, 3.05) is 14.2 Å². The summed E-state index contributed by atoms with van der Waals surface area (Å²) in [5.41, 5.74) is 0.972. The van der Waals surface area contributed by atoms with Gasteiger partial charge in [-0.05, 0) is 30.3 Å². The van der Waals surface area contributed by atoms with Crippen molar-refractivity contribution in [3.05, 3.63) is 57.8 Å². The van der Waals surface area contributed by atoms with Crippen LogP contribution in [0.4, 0.5) is 4.39 Å². The minimum atomic E-state index is -0.710. The summed E-state index contributed by atoms with van der Waals surface area (Å²) in [6.07, 6.45) is 0. The summed E-state index contributed by atoms with van der Waals surface area (Å²) in [5, 5.41) is -0.710. The smallest absolute Gasteiger partial charge is 0.131 e. The van der Waals surface area contributed by atoms with Gasteiger partial charge in [0.05, 0.1) is 25.2 Å². The molecule has 0 aliphatic rings. The maximum atomic E-state index is 14.1. The van der Waals surface area contributed by atoms with Crippen LogP contribution in [-0.2, 0) is 0 Å². The molecular weight excluding hydrogens is 347 g/mol. The Morgan fingerprint density at radius 1 is 1.10 bits per heavy atom. The molecule has 20 heavy (non-hydrogen) atoms. The lowest BCUT2D eigenvalue weighted by Crippen LogP contribution is -2.03. The second-order valence-electron chi connectivity index (χ2n) is 4.10. The molecule has 1 unspecified atom stereocenters. The van der Waals surface area contributed by atoms with E-state index in [9.17, 15) is 4.39 Å². The first-order valence-electron chi connectivity index (χ1n) is 5.88. The maximum Gasteiger partial charge on any atom is 0.131 e. The molecule has 0 N–H and O–H groups in total. The molecular formula is C15H13BrClFO2. The number of rotatable bonds is 4. The lowest BCUT2D eigenvalue weighted by Gasteiger charge is -2.18.